The Bertz CT molecular complexity index is 1020. The number of nitro benzene ring substituents is 1. The third-order valence-electron chi connectivity index (χ3n) is 3.49. The zero-order valence-electron chi connectivity index (χ0n) is 14.0. The van der Waals surface area contributed by atoms with E-state index in [0.717, 1.165) is 17.8 Å². The minimum Gasteiger partial charge on any atom is -0.459 e. The highest BCUT2D eigenvalue weighted by Gasteiger charge is 2.19. The van der Waals surface area contributed by atoms with E-state index in [2.05, 4.69) is 10.9 Å². The van der Waals surface area contributed by atoms with Crippen LogP contribution in [0.25, 0.3) is 0 Å². The maximum absolute atomic E-state index is 13.0. The number of halogens is 1. The van der Waals surface area contributed by atoms with Crippen LogP contribution in [0.5, 0.6) is 0 Å². The number of benzene rings is 2. The van der Waals surface area contributed by atoms with Crippen molar-refractivity contribution in [3.05, 3.63) is 88.1 Å². The van der Waals surface area contributed by atoms with Gasteiger partial charge in [0.05, 0.1) is 16.1 Å². The van der Waals surface area contributed by atoms with Crippen LogP contribution >= 0.6 is 11.8 Å². The average Bonchev–Trinajstić information content (AvgIpc) is 3.22. The monoisotopic (exact) mass is 401 g/mol. The molecule has 0 fully saturated rings. The molecule has 0 bridgehead atoms. The van der Waals surface area contributed by atoms with Crippen molar-refractivity contribution in [3.8, 4) is 0 Å². The van der Waals surface area contributed by atoms with Gasteiger partial charge in [-0.05, 0) is 48.5 Å². The Morgan fingerprint density at radius 2 is 1.75 bits per heavy atom. The molecule has 3 rings (SSSR count). The van der Waals surface area contributed by atoms with Crippen LogP contribution in [0.15, 0.2) is 75.1 Å². The van der Waals surface area contributed by atoms with Crippen molar-refractivity contribution in [1.82, 2.24) is 10.9 Å². The number of hydrogen-bond donors (Lipinski definition) is 2. The summed E-state index contributed by atoms with van der Waals surface area (Å²) in [6.45, 7) is 0. The van der Waals surface area contributed by atoms with Gasteiger partial charge in [-0.3, -0.25) is 30.6 Å². The molecule has 8 nitrogen and oxygen atoms in total. The zero-order valence-corrected chi connectivity index (χ0v) is 14.9. The topological polar surface area (TPSA) is 114 Å². The zero-order chi connectivity index (χ0) is 20.1. The molecule has 0 radical (unpaired) electrons. The van der Waals surface area contributed by atoms with E-state index in [1.807, 2.05) is 0 Å². The maximum atomic E-state index is 13.0. The van der Waals surface area contributed by atoms with Gasteiger partial charge < -0.3 is 4.42 Å². The van der Waals surface area contributed by atoms with Gasteiger partial charge in [-0.25, -0.2) is 4.39 Å². The third kappa shape index (κ3) is 4.54. The summed E-state index contributed by atoms with van der Waals surface area (Å²) < 4.78 is 17.9. The molecule has 2 N–H and O–H groups in total. The highest BCUT2D eigenvalue weighted by atomic mass is 32.2. The predicted octanol–water partition coefficient (Wildman–Crippen LogP) is 3.55. The Morgan fingerprint density at radius 1 is 1.04 bits per heavy atom. The number of hydrazine groups is 1. The minimum atomic E-state index is -0.735. The summed E-state index contributed by atoms with van der Waals surface area (Å²) in [5, 5.41) is 11.4. The van der Waals surface area contributed by atoms with E-state index in [-0.39, 0.29) is 21.9 Å². The number of nitrogens with zero attached hydrogens (tertiary/aromatic N) is 1. The number of carbonyl (C=O) groups excluding carboxylic acids is 2. The first-order valence-electron chi connectivity index (χ1n) is 7.80. The Balaban J connectivity index is 1.74. The van der Waals surface area contributed by atoms with Crippen LogP contribution in [0.2, 0.25) is 0 Å². The number of furan rings is 1. The van der Waals surface area contributed by atoms with Gasteiger partial charge in [0.2, 0.25) is 0 Å². The fraction of sp³-hybridized carbons (Fsp3) is 0. The molecule has 0 saturated heterocycles. The lowest BCUT2D eigenvalue weighted by atomic mass is 10.2. The first kappa shape index (κ1) is 19.1. The first-order valence-corrected chi connectivity index (χ1v) is 8.62. The molecule has 2 aromatic carbocycles. The second-order valence-corrected chi connectivity index (χ2v) is 6.50. The second-order valence-electron chi connectivity index (χ2n) is 5.38. The molecular formula is C18H12FN3O5S. The van der Waals surface area contributed by atoms with Crippen molar-refractivity contribution in [2.75, 3.05) is 0 Å². The third-order valence-corrected chi connectivity index (χ3v) is 4.57. The fourth-order valence-electron chi connectivity index (χ4n) is 2.17. The van der Waals surface area contributed by atoms with E-state index in [1.54, 1.807) is 0 Å². The second kappa shape index (κ2) is 8.35. The Kier molecular flexibility index (Phi) is 5.70. The normalized spacial score (nSPS) is 10.3. The van der Waals surface area contributed by atoms with E-state index in [1.165, 1.54) is 54.8 Å². The summed E-state index contributed by atoms with van der Waals surface area (Å²) in [5.41, 5.74) is 4.00. The smallest absolute Gasteiger partial charge is 0.305 e. The molecule has 1 heterocycles. The molecular weight excluding hydrogens is 389 g/mol. The lowest BCUT2D eigenvalue weighted by molar-refractivity contribution is -0.387. The fourth-order valence-corrected chi connectivity index (χ4v) is 3.07. The van der Waals surface area contributed by atoms with Crippen molar-refractivity contribution in [2.45, 2.75) is 9.79 Å². The van der Waals surface area contributed by atoms with E-state index >= 15 is 0 Å². The molecule has 0 aliphatic heterocycles. The maximum Gasteiger partial charge on any atom is 0.305 e. The van der Waals surface area contributed by atoms with Gasteiger partial charge in [-0.1, -0.05) is 11.8 Å². The molecule has 3 aromatic rings. The molecule has 2 amide bonds. The minimum absolute atomic E-state index is 0.00248. The molecule has 10 heteroatoms. The van der Waals surface area contributed by atoms with Crippen LogP contribution < -0.4 is 10.9 Å². The van der Waals surface area contributed by atoms with Crippen LogP contribution in [0.3, 0.4) is 0 Å². The van der Waals surface area contributed by atoms with Crippen LogP contribution in [0.4, 0.5) is 10.1 Å². The lowest BCUT2D eigenvalue weighted by Gasteiger charge is -2.08. The number of amides is 2. The molecule has 0 unspecified atom stereocenters. The Hall–Kier alpha value is -3.66. The molecule has 28 heavy (non-hydrogen) atoms. The van der Waals surface area contributed by atoms with E-state index < -0.39 is 22.6 Å². The number of carbonyl (C=O) groups is 2. The van der Waals surface area contributed by atoms with Crippen LogP contribution in [0, 0.1) is 15.9 Å². The van der Waals surface area contributed by atoms with Gasteiger partial charge in [-0.2, -0.15) is 0 Å². The van der Waals surface area contributed by atoms with Crippen LogP contribution in [0.1, 0.15) is 20.9 Å². The summed E-state index contributed by atoms with van der Waals surface area (Å²) in [7, 11) is 0. The Morgan fingerprint density at radius 3 is 2.39 bits per heavy atom. The summed E-state index contributed by atoms with van der Waals surface area (Å²) in [6.07, 6.45) is 1.30. The molecule has 0 spiro atoms. The number of nitro groups is 1. The number of nitrogens with one attached hydrogen (secondary N) is 2. The number of rotatable bonds is 5. The number of hydrogen-bond acceptors (Lipinski definition) is 6. The van der Waals surface area contributed by atoms with Crippen molar-refractivity contribution in [1.29, 1.82) is 0 Å². The van der Waals surface area contributed by atoms with Crippen molar-refractivity contribution < 1.29 is 23.3 Å². The molecule has 0 atom stereocenters. The van der Waals surface area contributed by atoms with Gasteiger partial charge in [-0.15, -0.1) is 0 Å². The molecule has 0 aliphatic rings. The Labute approximate surface area is 161 Å². The standard InChI is InChI=1S/C18H12FN3O5S/c19-12-4-6-13(7-5-12)28-16-8-3-11(10-14(16)22(25)26)17(23)20-21-18(24)15-2-1-9-27-15/h1-10H,(H,20,23)(H,21,24). The first-order chi connectivity index (χ1) is 13.4. The van der Waals surface area contributed by atoms with Crippen LogP contribution in [-0.2, 0) is 0 Å². The SMILES string of the molecule is O=C(NNC(=O)c1ccco1)c1ccc(Sc2ccc(F)cc2)c([N+](=O)[O-])c1. The largest absolute Gasteiger partial charge is 0.459 e. The lowest BCUT2D eigenvalue weighted by Crippen LogP contribution is -2.41. The predicted molar refractivity (Wildman–Crippen MR) is 97.3 cm³/mol. The van der Waals surface area contributed by atoms with E-state index in [9.17, 15) is 24.1 Å². The van der Waals surface area contributed by atoms with Crippen molar-refractivity contribution in [2.24, 2.45) is 0 Å². The van der Waals surface area contributed by atoms with Gasteiger partial charge in [0.15, 0.2) is 5.76 Å². The highest BCUT2D eigenvalue weighted by Crippen LogP contribution is 2.35. The van der Waals surface area contributed by atoms with E-state index in [0.29, 0.717) is 4.90 Å². The van der Waals surface area contributed by atoms with Gasteiger partial charge in [0.1, 0.15) is 5.82 Å². The van der Waals surface area contributed by atoms with E-state index in [4.69, 9.17) is 4.42 Å². The highest BCUT2D eigenvalue weighted by molar-refractivity contribution is 7.99. The summed E-state index contributed by atoms with van der Waals surface area (Å²) in [5.74, 6) is -1.82. The summed E-state index contributed by atoms with van der Waals surface area (Å²) >= 11 is 1.07. The summed E-state index contributed by atoms with van der Waals surface area (Å²) in [6, 6.07) is 12.3. The van der Waals surface area contributed by atoms with Crippen LogP contribution in [-0.4, -0.2) is 16.7 Å². The molecule has 1 aromatic heterocycles. The molecule has 0 aliphatic carbocycles. The molecule has 142 valence electrons. The van der Waals surface area contributed by atoms with Crippen molar-refractivity contribution >= 4 is 29.3 Å². The average molecular weight is 401 g/mol. The molecule has 0 saturated carbocycles. The van der Waals surface area contributed by atoms with Gasteiger partial charge in [0.25, 0.3) is 11.6 Å². The van der Waals surface area contributed by atoms with Gasteiger partial charge >= 0.3 is 5.91 Å². The van der Waals surface area contributed by atoms with Crippen molar-refractivity contribution in [3.63, 3.8) is 0 Å². The quantitative estimate of drug-likeness (QED) is 0.499. The summed E-state index contributed by atoms with van der Waals surface area (Å²) in [4.78, 5) is 35.6. The van der Waals surface area contributed by atoms with Gasteiger partial charge in [0, 0.05) is 16.5 Å².